The van der Waals surface area contributed by atoms with E-state index in [1.54, 1.807) is 42.7 Å². The largest absolute Gasteiger partial charge is 0.507 e. The number of ether oxygens (including phenoxy) is 16. The summed E-state index contributed by atoms with van der Waals surface area (Å²) in [5, 5.41) is 85.6. The molecule has 0 aliphatic heterocycles. The summed E-state index contributed by atoms with van der Waals surface area (Å²) in [5.41, 5.74) is 18.1. The van der Waals surface area contributed by atoms with Gasteiger partial charge in [-0.1, -0.05) is 55.4 Å². The van der Waals surface area contributed by atoms with E-state index in [1.807, 2.05) is 166 Å². The molecule has 700 valence electrons. The van der Waals surface area contributed by atoms with Gasteiger partial charge in [0.1, 0.15) is 46.0 Å². The van der Waals surface area contributed by atoms with Gasteiger partial charge < -0.3 is 117 Å². The van der Waals surface area contributed by atoms with E-state index in [2.05, 4.69) is 55.4 Å². The Hall–Kier alpha value is -8.48. The molecule has 24 heteroatoms. The third-order valence-corrected chi connectivity index (χ3v) is 22.3. The van der Waals surface area contributed by atoms with Gasteiger partial charge in [-0.05, 0) is 211 Å². The number of aromatic hydroxyl groups is 8. The second-order valence-corrected chi connectivity index (χ2v) is 32.6. The van der Waals surface area contributed by atoms with Crippen molar-refractivity contribution >= 4 is 0 Å². The molecule has 0 spiro atoms. The zero-order valence-corrected chi connectivity index (χ0v) is 79.7. The summed E-state index contributed by atoms with van der Waals surface area (Å²) in [7, 11) is 9.63. The first-order valence-corrected chi connectivity index (χ1v) is 43.7. The highest BCUT2D eigenvalue weighted by molar-refractivity contribution is 5.57. The van der Waals surface area contributed by atoms with Crippen molar-refractivity contribution in [2.24, 2.45) is 0 Å². The topological polar surface area (TPSA) is 310 Å². The van der Waals surface area contributed by atoms with E-state index < -0.39 is 21.7 Å². The number of rotatable bonds is 50. The van der Waals surface area contributed by atoms with Crippen molar-refractivity contribution < 1.29 is 117 Å². The highest BCUT2D eigenvalue weighted by Crippen LogP contribution is 2.46. The third kappa shape index (κ3) is 29.8. The summed E-state index contributed by atoms with van der Waals surface area (Å²) in [6.45, 7) is 46.9. The van der Waals surface area contributed by atoms with Crippen LogP contribution in [0, 0.1) is 0 Å². The summed E-state index contributed by atoms with van der Waals surface area (Å²) in [6.07, 6.45) is 0. The molecule has 0 unspecified atom stereocenters. The number of phenolic OH excluding ortho intramolecular Hbond substituents is 8. The van der Waals surface area contributed by atoms with Crippen LogP contribution in [0.3, 0.4) is 0 Å². The molecule has 8 N–H and O–H groups in total. The highest BCUT2D eigenvalue weighted by atomic mass is 16.5. The lowest BCUT2D eigenvalue weighted by atomic mass is 9.76. The average Bonchev–Trinajstić information content (AvgIpc) is 0.783. The Bertz CT molecular complexity index is 4370. The first kappa shape index (κ1) is 108. The van der Waals surface area contributed by atoms with Crippen LogP contribution >= 0.6 is 0 Å². The fourth-order valence-corrected chi connectivity index (χ4v) is 14.4. The highest BCUT2D eigenvalue weighted by Gasteiger charge is 2.34. The molecule has 8 aromatic carbocycles. The van der Waals surface area contributed by atoms with E-state index in [1.165, 1.54) is 0 Å². The maximum Gasteiger partial charge on any atom is 0.126 e. The zero-order chi connectivity index (χ0) is 93.5. The lowest BCUT2D eigenvalue weighted by Crippen LogP contribution is -2.21. The van der Waals surface area contributed by atoms with Gasteiger partial charge in [-0.25, -0.2) is 0 Å². The van der Waals surface area contributed by atoms with Crippen LogP contribution in [-0.2, 0) is 203 Å². The lowest BCUT2D eigenvalue weighted by Gasteiger charge is -2.29. The SMILES string of the molecule is CCOCc1cc(C(C)(C)c2cc(COC)c(O)c(COC)c2)cc(COC)c1O.CCOCc1cc(C(C)(C)c2cc(COC)c(O)c(COCC)c2)cc(COC)c1O.CCOCc1cc(C(C)(C)c2cc(COCC)c(O)c(COCC)c2)cc(COC)c1O.CCOCc1cc(C(C)(C)c2cc(COCC)c(O)c(COCC)c2)cc(COCC)c1O. The van der Waals surface area contributed by atoms with Gasteiger partial charge in [0.2, 0.25) is 0 Å². The zero-order valence-electron chi connectivity index (χ0n) is 79.7. The number of phenols is 8. The molecule has 0 saturated heterocycles. The summed E-state index contributed by atoms with van der Waals surface area (Å²) in [5.74, 6) is 1.67. The molecule has 0 radical (unpaired) electrons. The minimum Gasteiger partial charge on any atom is -0.507 e. The van der Waals surface area contributed by atoms with E-state index >= 15 is 0 Å². The molecule has 126 heavy (non-hydrogen) atoms. The molecule has 24 nitrogen and oxygen atoms in total. The molecule has 0 fully saturated rings. The van der Waals surface area contributed by atoms with Gasteiger partial charge in [-0.15, -0.1) is 0 Å². The van der Waals surface area contributed by atoms with Gasteiger partial charge in [-0.2, -0.15) is 0 Å². The summed E-state index contributed by atoms with van der Waals surface area (Å²) < 4.78 is 87.7. The number of hydrogen-bond acceptors (Lipinski definition) is 24. The van der Waals surface area contributed by atoms with Gasteiger partial charge in [0.05, 0.1) is 106 Å². The minimum absolute atomic E-state index is 0.195. The van der Waals surface area contributed by atoms with Crippen LogP contribution in [-0.4, -0.2) is 150 Å². The van der Waals surface area contributed by atoms with Gasteiger partial charge in [0, 0.05) is 219 Å². The molecule has 0 bridgehead atoms. The molecule has 8 rings (SSSR count). The van der Waals surface area contributed by atoms with E-state index in [-0.39, 0.29) is 46.0 Å². The summed E-state index contributed by atoms with van der Waals surface area (Å²) in [4.78, 5) is 0. The van der Waals surface area contributed by atoms with Crippen molar-refractivity contribution in [1.82, 2.24) is 0 Å². The van der Waals surface area contributed by atoms with Crippen molar-refractivity contribution in [2.45, 2.75) is 252 Å². The van der Waals surface area contributed by atoms with Gasteiger partial charge in [-0.3, -0.25) is 0 Å². The second-order valence-electron chi connectivity index (χ2n) is 32.6. The normalized spacial score (nSPS) is 11.8. The number of hydrogen-bond donors (Lipinski definition) is 8. The Morgan fingerprint density at radius 2 is 0.238 bits per heavy atom. The fourth-order valence-electron chi connectivity index (χ4n) is 14.4. The van der Waals surface area contributed by atoms with Crippen LogP contribution in [0.15, 0.2) is 97.1 Å². The van der Waals surface area contributed by atoms with Crippen LogP contribution in [0.5, 0.6) is 46.0 Å². The van der Waals surface area contributed by atoms with Crippen LogP contribution in [0.2, 0.25) is 0 Å². The van der Waals surface area contributed by atoms with E-state index in [4.69, 9.17) is 75.8 Å². The van der Waals surface area contributed by atoms with E-state index in [9.17, 15) is 40.9 Å². The molecule has 0 aromatic heterocycles. The Labute approximate surface area is 750 Å². The molecular formula is C102H148O24. The molecule has 0 atom stereocenters. The maximum atomic E-state index is 10.8. The molecule has 0 saturated carbocycles. The summed E-state index contributed by atoms with van der Waals surface area (Å²) >= 11 is 0. The van der Waals surface area contributed by atoms with Crippen molar-refractivity contribution in [3.8, 4) is 46.0 Å². The smallest absolute Gasteiger partial charge is 0.126 e. The molecule has 0 aliphatic carbocycles. The Morgan fingerprint density at radius 3 is 0.310 bits per heavy atom. The molecule has 0 amide bonds. The number of methoxy groups -OCH3 is 6. The quantitative estimate of drug-likeness (QED) is 0.0176. The third-order valence-electron chi connectivity index (χ3n) is 22.3. The van der Waals surface area contributed by atoms with Gasteiger partial charge in [0.25, 0.3) is 0 Å². The first-order chi connectivity index (χ1) is 60.2. The lowest BCUT2D eigenvalue weighted by molar-refractivity contribution is 0.125. The van der Waals surface area contributed by atoms with Crippen molar-refractivity contribution in [3.63, 3.8) is 0 Å². The van der Waals surface area contributed by atoms with Crippen molar-refractivity contribution in [1.29, 1.82) is 0 Å². The Balaban J connectivity index is 0.000000298. The predicted molar refractivity (Wildman–Crippen MR) is 491 cm³/mol. The van der Waals surface area contributed by atoms with Crippen molar-refractivity contribution in [3.05, 3.63) is 231 Å². The van der Waals surface area contributed by atoms with Crippen LogP contribution < -0.4 is 0 Å². The Morgan fingerprint density at radius 1 is 0.159 bits per heavy atom. The monoisotopic (exact) mass is 1760 g/mol. The van der Waals surface area contributed by atoms with Crippen LogP contribution in [0.25, 0.3) is 0 Å². The molecule has 0 heterocycles. The first-order valence-electron chi connectivity index (χ1n) is 43.7. The van der Waals surface area contributed by atoms with Gasteiger partial charge >= 0.3 is 0 Å². The molecular weight excluding hydrogens is 1610 g/mol. The fraction of sp³-hybridized carbons (Fsp3) is 0.529. The van der Waals surface area contributed by atoms with Crippen LogP contribution in [0.4, 0.5) is 0 Å². The van der Waals surface area contributed by atoms with E-state index in [0.29, 0.717) is 200 Å². The van der Waals surface area contributed by atoms with Crippen LogP contribution in [0.1, 0.15) is 258 Å². The molecule has 0 aliphatic rings. The second kappa shape index (κ2) is 54.1. The number of benzene rings is 8. The average molecular weight is 1760 g/mol. The predicted octanol–water partition coefficient (Wildman–Crippen LogP) is 19.9. The van der Waals surface area contributed by atoms with Gasteiger partial charge in [0.15, 0.2) is 0 Å². The maximum absolute atomic E-state index is 10.8. The Kier molecular flexibility index (Phi) is 46.4. The standard InChI is InChI=1S/C27H40O6.C26H38O6.C25H36O6.C24H34O6/c1-7-30-15-19-11-23(12-20(25(19)28)16-31-8-2)27(5,6)24-13-21(17-32-9-3)26(29)22(14-24)18-33-10-4;1-7-30-15-19-11-22(10-18(14-29-6)24(19)27)26(4,5)23-12-20(16-31-8-2)25(28)21(13-23)17-32-9-3;1-7-30-15-19-11-21(9-17(13-28-5)23(19)26)25(3,4)22-10-18(14-29-6)24(27)20(12-22)16-31-8-2;1-7-30-15-19-11-21(10-18(14-29-6)23(19)26)24(2,3)20-8-16(12-27-4)22(25)17(9-20)13-28-5/h11-14,28-29H,7-10,15-18H2,1-6H3;10-13,27-28H,7-9,14-17H2,1-6H3;9-12,26-27H,7-8,13-16H2,1-6H3;8-11,25-26H,7,12-15H2,1-6H3. The summed E-state index contributed by atoms with van der Waals surface area (Å²) in [6, 6.07) is 31.7. The van der Waals surface area contributed by atoms with Crippen molar-refractivity contribution in [2.75, 3.05) is 109 Å². The molecule has 8 aromatic rings. The minimum atomic E-state index is -0.425. The van der Waals surface area contributed by atoms with E-state index in [0.717, 1.165) is 106 Å².